The number of rotatable bonds is 7. The third kappa shape index (κ3) is 4.75. The molecule has 3 rings (SSSR count). The zero-order chi connectivity index (χ0) is 19.4. The van der Waals surface area contributed by atoms with Crippen LogP contribution < -0.4 is 4.74 Å². The number of nitro groups is 2. The lowest BCUT2D eigenvalue weighted by Gasteiger charge is -2.06. The predicted molar refractivity (Wildman–Crippen MR) is 102 cm³/mol. The Bertz CT molecular complexity index is 989. The molecule has 0 bridgehead atoms. The SMILES string of the molecule is O=[N+]([O-])c1ccc(Cn2cc(COc3ccc([N+](=O)[O-])cc3I)nn2)cc1. The van der Waals surface area contributed by atoms with Crippen molar-refractivity contribution in [2.45, 2.75) is 13.2 Å². The molecular weight excluding hydrogens is 469 g/mol. The van der Waals surface area contributed by atoms with E-state index in [1.807, 2.05) is 22.6 Å². The second-order valence-corrected chi connectivity index (χ2v) is 6.65. The molecular formula is C16H12IN5O5. The highest BCUT2D eigenvalue weighted by Gasteiger charge is 2.11. The van der Waals surface area contributed by atoms with Gasteiger partial charge in [0, 0.05) is 24.3 Å². The number of hydrogen-bond donors (Lipinski definition) is 0. The summed E-state index contributed by atoms with van der Waals surface area (Å²) in [4.78, 5) is 20.5. The Morgan fingerprint density at radius 1 is 1.04 bits per heavy atom. The van der Waals surface area contributed by atoms with E-state index in [1.54, 1.807) is 29.1 Å². The molecule has 0 unspecified atom stereocenters. The first-order valence-corrected chi connectivity index (χ1v) is 8.69. The lowest BCUT2D eigenvalue weighted by molar-refractivity contribution is -0.385. The summed E-state index contributed by atoms with van der Waals surface area (Å²) in [5, 5.41) is 29.4. The van der Waals surface area contributed by atoms with E-state index in [9.17, 15) is 20.2 Å². The number of nitro benzene ring substituents is 2. The van der Waals surface area contributed by atoms with Crippen molar-refractivity contribution in [1.82, 2.24) is 15.0 Å². The van der Waals surface area contributed by atoms with Crippen LogP contribution in [0.2, 0.25) is 0 Å². The van der Waals surface area contributed by atoms with Crippen LogP contribution >= 0.6 is 22.6 Å². The second kappa shape index (κ2) is 8.07. The number of aromatic nitrogens is 3. The number of hydrogen-bond acceptors (Lipinski definition) is 7. The van der Waals surface area contributed by atoms with Crippen LogP contribution in [0, 0.1) is 23.8 Å². The van der Waals surface area contributed by atoms with Gasteiger partial charge in [0.05, 0.1) is 26.2 Å². The molecule has 0 saturated carbocycles. The van der Waals surface area contributed by atoms with Crippen molar-refractivity contribution in [3.05, 3.63) is 83.7 Å². The summed E-state index contributed by atoms with van der Waals surface area (Å²) in [6.07, 6.45) is 1.71. The zero-order valence-corrected chi connectivity index (χ0v) is 15.8. The first kappa shape index (κ1) is 18.7. The molecule has 0 aliphatic rings. The van der Waals surface area contributed by atoms with Gasteiger partial charge in [-0.2, -0.15) is 0 Å². The maximum Gasteiger partial charge on any atom is 0.270 e. The van der Waals surface area contributed by atoms with Gasteiger partial charge in [-0.3, -0.25) is 20.2 Å². The number of benzene rings is 2. The highest BCUT2D eigenvalue weighted by atomic mass is 127. The third-order valence-electron chi connectivity index (χ3n) is 3.58. The third-order valence-corrected chi connectivity index (χ3v) is 4.42. The standard InChI is InChI=1S/C16H12IN5O5/c17-15-7-14(22(25)26)5-6-16(15)27-10-12-9-20(19-18-12)8-11-1-3-13(4-2-11)21(23)24/h1-7,9H,8,10H2. The van der Waals surface area contributed by atoms with Crippen molar-refractivity contribution in [2.24, 2.45) is 0 Å². The van der Waals surface area contributed by atoms with E-state index in [-0.39, 0.29) is 18.0 Å². The molecule has 11 heteroatoms. The van der Waals surface area contributed by atoms with Crippen LogP contribution in [0.5, 0.6) is 5.75 Å². The van der Waals surface area contributed by atoms with Crippen molar-refractivity contribution in [2.75, 3.05) is 0 Å². The molecule has 0 amide bonds. The summed E-state index contributed by atoms with van der Waals surface area (Å²) < 4.78 is 7.87. The minimum Gasteiger partial charge on any atom is -0.486 e. The number of non-ortho nitro benzene ring substituents is 2. The molecule has 138 valence electrons. The molecule has 1 heterocycles. The van der Waals surface area contributed by atoms with Crippen molar-refractivity contribution >= 4 is 34.0 Å². The van der Waals surface area contributed by atoms with Gasteiger partial charge < -0.3 is 4.74 Å². The zero-order valence-electron chi connectivity index (χ0n) is 13.7. The fourth-order valence-electron chi connectivity index (χ4n) is 2.26. The number of nitrogens with zero attached hydrogens (tertiary/aromatic N) is 5. The molecule has 0 spiro atoms. The van der Waals surface area contributed by atoms with Gasteiger partial charge in [0.2, 0.25) is 0 Å². The fraction of sp³-hybridized carbons (Fsp3) is 0.125. The van der Waals surface area contributed by atoms with E-state index < -0.39 is 9.85 Å². The van der Waals surface area contributed by atoms with E-state index >= 15 is 0 Å². The Morgan fingerprint density at radius 2 is 1.70 bits per heavy atom. The quantitative estimate of drug-likeness (QED) is 0.288. The van der Waals surface area contributed by atoms with Crippen molar-refractivity contribution in [3.8, 4) is 5.75 Å². The first-order chi connectivity index (χ1) is 12.9. The highest BCUT2D eigenvalue weighted by Crippen LogP contribution is 2.26. The van der Waals surface area contributed by atoms with E-state index in [4.69, 9.17) is 4.74 Å². The van der Waals surface area contributed by atoms with Crippen molar-refractivity contribution in [1.29, 1.82) is 0 Å². The van der Waals surface area contributed by atoms with Crippen LogP contribution in [-0.2, 0) is 13.2 Å². The van der Waals surface area contributed by atoms with E-state index in [0.717, 1.165) is 5.56 Å². The van der Waals surface area contributed by atoms with Crippen LogP contribution in [0.15, 0.2) is 48.7 Å². The maximum atomic E-state index is 10.8. The normalized spacial score (nSPS) is 10.6. The molecule has 0 saturated heterocycles. The summed E-state index contributed by atoms with van der Waals surface area (Å²) in [5.41, 5.74) is 1.47. The molecule has 0 N–H and O–H groups in total. The Balaban J connectivity index is 1.61. The fourth-order valence-corrected chi connectivity index (χ4v) is 2.92. The number of ether oxygens (including phenoxy) is 1. The lowest BCUT2D eigenvalue weighted by Crippen LogP contribution is -2.00. The molecule has 0 atom stereocenters. The predicted octanol–water partition coefficient (Wildman–Crippen LogP) is 3.33. The van der Waals surface area contributed by atoms with Gasteiger partial charge in [-0.15, -0.1) is 5.10 Å². The molecule has 1 aromatic heterocycles. The second-order valence-electron chi connectivity index (χ2n) is 5.49. The molecule has 0 radical (unpaired) electrons. The van der Waals surface area contributed by atoms with Gasteiger partial charge >= 0.3 is 0 Å². The first-order valence-electron chi connectivity index (χ1n) is 7.61. The van der Waals surface area contributed by atoms with Gasteiger partial charge in [-0.25, -0.2) is 4.68 Å². The lowest BCUT2D eigenvalue weighted by atomic mass is 10.2. The van der Waals surface area contributed by atoms with Crippen molar-refractivity contribution < 1.29 is 14.6 Å². The summed E-state index contributed by atoms with van der Waals surface area (Å²) in [5.74, 6) is 0.520. The van der Waals surface area contributed by atoms with Crippen molar-refractivity contribution in [3.63, 3.8) is 0 Å². The number of halogens is 1. The summed E-state index contributed by atoms with van der Waals surface area (Å²) in [7, 11) is 0. The average molecular weight is 481 g/mol. The van der Waals surface area contributed by atoms with E-state index in [1.165, 1.54) is 24.3 Å². The summed E-state index contributed by atoms with van der Waals surface area (Å²) in [6.45, 7) is 0.578. The Labute approximate surface area is 166 Å². The van der Waals surface area contributed by atoms with Gasteiger partial charge in [0.25, 0.3) is 11.4 Å². The maximum absolute atomic E-state index is 10.8. The van der Waals surface area contributed by atoms with Gasteiger partial charge in [0.1, 0.15) is 18.1 Å². The monoisotopic (exact) mass is 481 g/mol. The molecule has 10 nitrogen and oxygen atoms in total. The Kier molecular flexibility index (Phi) is 5.59. The Morgan fingerprint density at radius 3 is 2.33 bits per heavy atom. The molecule has 3 aromatic rings. The summed E-state index contributed by atoms with van der Waals surface area (Å²) >= 11 is 1.97. The largest absolute Gasteiger partial charge is 0.486 e. The smallest absolute Gasteiger partial charge is 0.270 e. The molecule has 2 aromatic carbocycles. The molecule has 0 aliphatic carbocycles. The molecule has 27 heavy (non-hydrogen) atoms. The van der Waals surface area contributed by atoms with Crippen LogP contribution in [0.3, 0.4) is 0 Å². The molecule has 0 aliphatic heterocycles. The van der Waals surface area contributed by atoms with Gasteiger partial charge in [0.15, 0.2) is 0 Å². The van der Waals surface area contributed by atoms with Gasteiger partial charge in [-0.1, -0.05) is 17.3 Å². The minimum absolute atomic E-state index is 0.000734. The summed E-state index contributed by atoms with van der Waals surface area (Å²) in [6, 6.07) is 10.6. The van der Waals surface area contributed by atoms with Crippen LogP contribution in [0.1, 0.15) is 11.3 Å². The van der Waals surface area contributed by atoms with E-state index in [0.29, 0.717) is 21.6 Å². The van der Waals surface area contributed by atoms with Crippen LogP contribution in [0.25, 0.3) is 0 Å². The van der Waals surface area contributed by atoms with Gasteiger partial charge in [-0.05, 0) is 34.2 Å². The highest BCUT2D eigenvalue weighted by molar-refractivity contribution is 14.1. The topological polar surface area (TPSA) is 126 Å². The van der Waals surface area contributed by atoms with Crippen LogP contribution in [-0.4, -0.2) is 24.8 Å². The van der Waals surface area contributed by atoms with E-state index in [2.05, 4.69) is 10.3 Å². The average Bonchev–Trinajstić information content (AvgIpc) is 3.08. The van der Waals surface area contributed by atoms with Crippen LogP contribution in [0.4, 0.5) is 11.4 Å². The minimum atomic E-state index is -0.463. The Hall–Kier alpha value is -3.09. The molecule has 0 fully saturated rings.